The van der Waals surface area contributed by atoms with Crippen LogP contribution in [0.5, 0.6) is 0 Å². The maximum atomic E-state index is 5.08. The van der Waals surface area contributed by atoms with Crippen LogP contribution in [-0.2, 0) is 11.3 Å². The first-order valence-corrected chi connectivity index (χ1v) is 5.56. The third-order valence-corrected chi connectivity index (χ3v) is 2.20. The summed E-state index contributed by atoms with van der Waals surface area (Å²) in [5.41, 5.74) is 0.871. The Morgan fingerprint density at radius 2 is 2.38 bits per heavy atom. The van der Waals surface area contributed by atoms with E-state index in [1.54, 1.807) is 7.11 Å². The Bertz CT molecular complexity index is 328. The van der Waals surface area contributed by atoms with Crippen LogP contribution in [0.3, 0.4) is 0 Å². The molecule has 0 aliphatic rings. The van der Waals surface area contributed by atoms with E-state index in [0.29, 0.717) is 11.7 Å². The number of nitrogens with one attached hydrogen (secondary N) is 2. The lowest BCUT2D eigenvalue weighted by Crippen LogP contribution is -2.35. The fourth-order valence-electron chi connectivity index (χ4n) is 1.15. The quantitative estimate of drug-likeness (QED) is 0.574. The average Bonchev–Trinajstić information content (AvgIpc) is 2.68. The summed E-state index contributed by atoms with van der Waals surface area (Å²) in [6.07, 6.45) is 0.930. The van der Waals surface area contributed by atoms with Gasteiger partial charge in [0.2, 0.25) is 0 Å². The minimum atomic E-state index is 0.553. The first-order chi connectivity index (χ1) is 7.72. The van der Waals surface area contributed by atoms with Gasteiger partial charge in [-0.3, -0.25) is 0 Å². The molecule has 0 amide bonds. The van der Waals surface area contributed by atoms with E-state index in [0.717, 1.165) is 31.0 Å². The summed E-state index contributed by atoms with van der Waals surface area (Å²) >= 11 is 5.08. The Morgan fingerprint density at radius 3 is 3.00 bits per heavy atom. The van der Waals surface area contributed by atoms with Crippen molar-refractivity contribution in [3.05, 3.63) is 17.5 Å². The van der Waals surface area contributed by atoms with Crippen molar-refractivity contribution in [2.24, 2.45) is 0 Å². The summed E-state index contributed by atoms with van der Waals surface area (Å²) < 4.78 is 9.97. The number of rotatable bonds is 6. The Labute approximate surface area is 101 Å². The van der Waals surface area contributed by atoms with Crippen LogP contribution < -0.4 is 10.6 Å². The molecule has 1 heterocycles. The van der Waals surface area contributed by atoms with Crippen LogP contribution in [0.25, 0.3) is 0 Å². The molecule has 0 aliphatic carbocycles. The number of ether oxygens (including phenoxy) is 1. The molecule has 0 saturated heterocycles. The molecule has 2 N–H and O–H groups in total. The Balaban J connectivity index is 2.10. The maximum Gasteiger partial charge on any atom is 0.166 e. The number of thiocarbonyl (C=S) groups is 1. The largest absolute Gasteiger partial charge is 0.385 e. The minimum absolute atomic E-state index is 0.553. The molecule has 6 heteroatoms. The topological polar surface area (TPSA) is 59.3 Å². The second-order valence-corrected chi connectivity index (χ2v) is 3.80. The Hall–Kier alpha value is -1.14. The summed E-state index contributed by atoms with van der Waals surface area (Å²) in [4.78, 5) is 0. The van der Waals surface area contributed by atoms with E-state index >= 15 is 0 Å². The molecular weight excluding hydrogens is 226 g/mol. The molecule has 0 unspecified atom stereocenters. The van der Waals surface area contributed by atoms with Gasteiger partial charge in [0.05, 0.1) is 12.2 Å². The highest BCUT2D eigenvalue weighted by Crippen LogP contribution is 2.00. The van der Waals surface area contributed by atoms with E-state index in [-0.39, 0.29) is 0 Å². The summed E-state index contributed by atoms with van der Waals surface area (Å²) in [7, 11) is 1.68. The van der Waals surface area contributed by atoms with Crippen molar-refractivity contribution < 1.29 is 9.26 Å². The van der Waals surface area contributed by atoms with Crippen LogP contribution in [-0.4, -0.2) is 30.5 Å². The molecule has 16 heavy (non-hydrogen) atoms. The van der Waals surface area contributed by atoms with Crippen molar-refractivity contribution in [2.75, 3.05) is 20.3 Å². The van der Waals surface area contributed by atoms with Gasteiger partial charge in [-0.05, 0) is 25.6 Å². The third-order valence-electron chi connectivity index (χ3n) is 1.91. The Kier molecular flexibility index (Phi) is 5.81. The van der Waals surface area contributed by atoms with Crippen LogP contribution in [0.1, 0.15) is 17.9 Å². The van der Waals surface area contributed by atoms with Gasteiger partial charge in [0, 0.05) is 26.3 Å². The molecule has 0 saturated carbocycles. The number of hydrogen-bond donors (Lipinski definition) is 2. The van der Waals surface area contributed by atoms with Crippen molar-refractivity contribution in [1.29, 1.82) is 0 Å². The second-order valence-electron chi connectivity index (χ2n) is 3.39. The standard InChI is InChI=1S/C10H17N3O2S/c1-8-6-9(15-13-8)7-12-10(16)11-4-3-5-14-2/h6H,3-5,7H2,1-2H3,(H2,11,12,16). The summed E-state index contributed by atoms with van der Waals surface area (Å²) in [5.74, 6) is 0.776. The number of aromatic nitrogens is 1. The first-order valence-electron chi connectivity index (χ1n) is 5.15. The maximum absolute atomic E-state index is 5.08. The van der Waals surface area contributed by atoms with Crippen LogP contribution in [0.4, 0.5) is 0 Å². The van der Waals surface area contributed by atoms with Gasteiger partial charge < -0.3 is 19.9 Å². The zero-order valence-corrected chi connectivity index (χ0v) is 10.4. The van der Waals surface area contributed by atoms with Crippen LogP contribution in [0, 0.1) is 6.92 Å². The fraction of sp³-hybridized carbons (Fsp3) is 0.600. The van der Waals surface area contributed by atoms with E-state index in [1.807, 2.05) is 13.0 Å². The van der Waals surface area contributed by atoms with Gasteiger partial charge in [0.1, 0.15) is 0 Å². The molecule has 0 radical (unpaired) electrons. The minimum Gasteiger partial charge on any atom is -0.385 e. The molecule has 1 rings (SSSR count). The van der Waals surface area contributed by atoms with Crippen molar-refractivity contribution in [3.63, 3.8) is 0 Å². The van der Waals surface area contributed by atoms with Crippen molar-refractivity contribution >= 4 is 17.3 Å². The highest BCUT2D eigenvalue weighted by atomic mass is 32.1. The van der Waals surface area contributed by atoms with E-state index in [2.05, 4.69) is 15.8 Å². The van der Waals surface area contributed by atoms with Crippen molar-refractivity contribution in [3.8, 4) is 0 Å². The molecular formula is C10H17N3O2S. The number of aryl methyl sites for hydroxylation is 1. The SMILES string of the molecule is COCCCNC(=S)NCc1cc(C)no1. The van der Waals surface area contributed by atoms with E-state index in [1.165, 1.54) is 0 Å². The van der Waals surface area contributed by atoms with E-state index < -0.39 is 0 Å². The predicted molar refractivity (Wildman–Crippen MR) is 65.2 cm³/mol. The van der Waals surface area contributed by atoms with Gasteiger partial charge in [0.25, 0.3) is 0 Å². The summed E-state index contributed by atoms with van der Waals surface area (Å²) in [6.45, 7) is 3.97. The monoisotopic (exact) mass is 243 g/mol. The molecule has 1 aromatic heterocycles. The van der Waals surface area contributed by atoms with Gasteiger partial charge in [0.15, 0.2) is 10.9 Å². The zero-order chi connectivity index (χ0) is 11.8. The van der Waals surface area contributed by atoms with Gasteiger partial charge in [-0.25, -0.2) is 0 Å². The van der Waals surface area contributed by atoms with Crippen LogP contribution in [0.15, 0.2) is 10.6 Å². The van der Waals surface area contributed by atoms with Crippen molar-refractivity contribution in [1.82, 2.24) is 15.8 Å². The molecule has 1 aromatic rings. The number of methoxy groups -OCH3 is 1. The zero-order valence-electron chi connectivity index (χ0n) is 9.58. The normalized spacial score (nSPS) is 10.1. The first kappa shape index (κ1) is 12.9. The lowest BCUT2D eigenvalue weighted by atomic mass is 10.4. The van der Waals surface area contributed by atoms with Crippen molar-refractivity contribution in [2.45, 2.75) is 19.9 Å². The number of hydrogen-bond acceptors (Lipinski definition) is 4. The smallest absolute Gasteiger partial charge is 0.166 e. The van der Waals surface area contributed by atoms with E-state index in [4.69, 9.17) is 21.5 Å². The van der Waals surface area contributed by atoms with Gasteiger partial charge in [-0.2, -0.15) is 0 Å². The van der Waals surface area contributed by atoms with Crippen LogP contribution >= 0.6 is 12.2 Å². The van der Waals surface area contributed by atoms with Crippen LogP contribution in [0.2, 0.25) is 0 Å². The second kappa shape index (κ2) is 7.19. The summed E-state index contributed by atoms with van der Waals surface area (Å²) in [5, 5.41) is 10.5. The molecule has 0 bridgehead atoms. The molecule has 0 aliphatic heterocycles. The molecule has 0 aromatic carbocycles. The molecule has 5 nitrogen and oxygen atoms in total. The average molecular weight is 243 g/mol. The van der Waals surface area contributed by atoms with Gasteiger partial charge in [-0.15, -0.1) is 0 Å². The van der Waals surface area contributed by atoms with E-state index in [9.17, 15) is 0 Å². The van der Waals surface area contributed by atoms with Gasteiger partial charge in [-0.1, -0.05) is 5.16 Å². The highest BCUT2D eigenvalue weighted by molar-refractivity contribution is 7.80. The molecule has 90 valence electrons. The predicted octanol–water partition coefficient (Wildman–Crippen LogP) is 0.984. The van der Waals surface area contributed by atoms with Gasteiger partial charge >= 0.3 is 0 Å². The lowest BCUT2D eigenvalue weighted by Gasteiger charge is -2.08. The lowest BCUT2D eigenvalue weighted by molar-refractivity contribution is 0.195. The molecule has 0 atom stereocenters. The fourth-order valence-corrected chi connectivity index (χ4v) is 1.32. The molecule has 0 spiro atoms. The highest BCUT2D eigenvalue weighted by Gasteiger charge is 2.01. The number of nitrogens with zero attached hydrogens (tertiary/aromatic N) is 1. The Morgan fingerprint density at radius 1 is 1.56 bits per heavy atom. The third kappa shape index (κ3) is 5.09. The summed E-state index contributed by atoms with van der Waals surface area (Å²) in [6, 6.07) is 1.88. The molecule has 0 fully saturated rings.